The number of rotatable bonds is 2. The molecule has 3 N–H and O–H groups in total. The van der Waals surface area contributed by atoms with Crippen molar-refractivity contribution in [1.29, 1.82) is 10.7 Å². The molecule has 19 heavy (non-hydrogen) atoms. The third kappa shape index (κ3) is 2.45. The Morgan fingerprint density at radius 3 is 2.53 bits per heavy atom. The lowest BCUT2D eigenvalue weighted by atomic mass is 10.2. The molecule has 0 aliphatic heterocycles. The Kier molecular flexibility index (Phi) is 3.58. The number of nitrogens with two attached hydrogens (primary N) is 1. The van der Waals surface area contributed by atoms with Gasteiger partial charge >= 0.3 is 0 Å². The summed E-state index contributed by atoms with van der Waals surface area (Å²) >= 11 is 5.96. The first-order valence-electron chi connectivity index (χ1n) is 5.26. The number of halogens is 1. The van der Waals surface area contributed by atoms with Gasteiger partial charge in [0, 0.05) is 5.56 Å². The van der Waals surface area contributed by atoms with Gasteiger partial charge in [-0.3, -0.25) is 5.41 Å². The van der Waals surface area contributed by atoms with Crippen LogP contribution in [-0.4, -0.2) is 15.8 Å². The van der Waals surface area contributed by atoms with E-state index in [0.29, 0.717) is 5.82 Å². The maximum atomic E-state index is 8.93. The predicted molar refractivity (Wildman–Crippen MR) is 73.6 cm³/mol. The molecule has 1 aromatic heterocycles. The number of nitriles is 1. The second-order valence-corrected chi connectivity index (χ2v) is 3.95. The molecular weight excluding hydrogens is 262 g/mol. The quantitative estimate of drug-likeness (QED) is 0.646. The maximum Gasteiger partial charge on any atom is 0.162 e. The summed E-state index contributed by atoms with van der Waals surface area (Å²) in [7, 11) is 0. The van der Waals surface area contributed by atoms with Crippen molar-refractivity contribution in [3.05, 3.63) is 41.0 Å². The van der Waals surface area contributed by atoms with Gasteiger partial charge in [0.15, 0.2) is 5.82 Å². The third-order valence-electron chi connectivity index (χ3n) is 2.38. The van der Waals surface area contributed by atoms with Crippen LogP contribution in [0, 0.1) is 16.7 Å². The molecule has 0 radical (unpaired) electrons. The Morgan fingerprint density at radius 2 is 1.95 bits per heavy atom. The topological polar surface area (TPSA) is 99.4 Å². The second kappa shape index (κ2) is 5.32. The summed E-state index contributed by atoms with van der Waals surface area (Å²) in [4.78, 5) is 8.26. The Labute approximate surface area is 114 Å². The van der Waals surface area contributed by atoms with Crippen molar-refractivity contribution in [3.8, 4) is 17.5 Å². The summed E-state index contributed by atoms with van der Waals surface area (Å²) in [6.07, 6.45) is 0. The van der Waals surface area contributed by atoms with E-state index in [1.165, 1.54) is 0 Å². The summed E-state index contributed by atoms with van der Waals surface area (Å²) in [5.74, 6) is 2.40. The maximum absolute atomic E-state index is 8.93. The molecule has 0 fully saturated rings. The Hall–Kier alpha value is -2.67. The van der Waals surface area contributed by atoms with E-state index in [4.69, 9.17) is 28.0 Å². The summed E-state index contributed by atoms with van der Waals surface area (Å²) < 4.78 is 0. The SMILES string of the molecule is N#CC(=C=N)c1nc(-c2ccccc2)nc(N)c1Cl. The van der Waals surface area contributed by atoms with E-state index < -0.39 is 0 Å². The van der Waals surface area contributed by atoms with E-state index in [1.54, 1.807) is 6.07 Å². The molecular formula is C13H8ClN5. The van der Waals surface area contributed by atoms with Gasteiger partial charge in [0.25, 0.3) is 0 Å². The minimum atomic E-state index is -0.0868. The molecule has 0 atom stereocenters. The molecule has 0 spiro atoms. The van der Waals surface area contributed by atoms with E-state index in [-0.39, 0.29) is 22.1 Å². The lowest BCUT2D eigenvalue weighted by molar-refractivity contribution is 1.16. The van der Waals surface area contributed by atoms with Crippen LogP contribution in [0.3, 0.4) is 0 Å². The number of hydrogen-bond donors (Lipinski definition) is 2. The lowest BCUT2D eigenvalue weighted by Gasteiger charge is -2.06. The Balaban J connectivity index is 2.68. The smallest absolute Gasteiger partial charge is 0.162 e. The molecule has 0 amide bonds. The third-order valence-corrected chi connectivity index (χ3v) is 2.76. The molecule has 2 aromatic rings. The molecule has 0 saturated carbocycles. The van der Waals surface area contributed by atoms with Crippen molar-refractivity contribution in [2.75, 3.05) is 5.73 Å². The molecule has 0 unspecified atom stereocenters. The van der Waals surface area contributed by atoms with Crippen LogP contribution in [0.5, 0.6) is 0 Å². The van der Waals surface area contributed by atoms with Gasteiger partial charge in [-0.15, -0.1) is 0 Å². The molecule has 6 heteroatoms. The number of nitrogens with zero attached hydrogens (tertiary/aromatic N) is 3. The van der Waals surface area contributed by atoms with Gasteiger partial charge < -0.3 is 5.73 Å². The predicted octanol–water partition coefficient (Wildman–Crippen LogP) is 2.53. The fourth-order valence-corrected chi connectivity index (χ4v) is 1.67. The highest BCUT2D eigenvalue weighted by atomic mass is 35.5. The zero-order valence-electron chi connectivity index (χ0n) is 9.68. The molecule has 1 aromatic carbocycles. The van der Waals surface area contributed by atoms with Crippen molar-refractivity contribution in [2.45, 2.75) is 0 Å². The van der Waals surface area contributed by atoms with Gasteiger partial charge in [0.05, 0.1) is 0 Å². The standard InChI is InChI=1S/C13H8ClN5/c14-10-11(9(6-15)7-16)18-13(19-12(10)17)8-4-2-1-3-5-8/h1-5,15H,(H2,17,18,19). The molecule has 5 nitrogen and oxygen atoms in total. The van der Waals surface area contributed by atoms with Crippen LogP contribution in [0.4, 0.5) is 5.82 Å². The number of allylic oxidation sites excluding steroid dienone is 1. The van der Waals surface area contributed by atoms with Crippen LogP contribution in [0.25, 0.3) is 17.0 Å². The highest BCUT2D eigenvalue weighted by Gasteiger charge is 2.15. The minimum Gasteiger partial charge on any atom is -0.382 e. The molecule has 0 bridgehead atoms. The van der Waals surface area contributed by atoms with Gasteiger partial charge in [-0.1, -0.05) is 41.9 Å². The summed E-state index contributed by atoms with van der Waals surface area (Å²) in [6.45, 7) is 0. The first-order valence-corrected chi connectivity index (χ1v) is 5.63. The van der Waals surface area contributed by atoms with E-state index in [0.717, 1.165) is 5.56 Å². The highest BCUT2D eigenvalue weighted by molar-refractivity contribution is 6.35. The molecule has 1 heterocycles. The van der Waals surface area contributed by atoms with Crippen molar-refractivity contribution in [1.82, 2.24) is 9.97 Å². The van der Waals surface area contributed by atoms with E-state index >= 15 is 0 Å². The Bertz CT molecular complexity index is 712. The fourth-order valence-electron chi connectivity index (χ4n) is 1.49. The first-order chi connectivity index (χ1) is 9.17. The van der Waals surface area contributed by atoms with Crippen LogP contribution in [0.1, 0.15) is 5.69 Å². The van der Waals surface area contributed by atoms with E-state index in [9.17, 15) is 0 Å². The number of anilines is 1. The second-order valence-electron chi connectivity index (χ2n) is 3.57. The number of nitrogens with one attached hydrogen (secondary N) is 1. The summed E-state index contributed by atoms with van der Waals surface area (Å²) in [5.41, 5.74) is 6.49. The van der Waals surface area contributed by atoms with E-state index in [1.807, 2.05) is 36.2 Å². The van der Waals surface area contributed by atoms with Gasteiger partial charge in [0.2, 0.25) is 0 Å². The zero-order chi connectivity index (χ0) is 13.8. The molecule has 0 saturated heterocycles. The monoisotopic (exact) mass is 269 g/mol. The highest BCUT2D eigenvalue weighted by Crippen LogP contribution is 2.27. The van der Waals surface area contributed by atoms with Crippen molar-refractivity contribution < 1.29 is 0 Å². The molecule has 2 rings (SSSR count). The van der Waals surface area contributed by atoms with Gasteiger partial charge in [-0.2, -0.15) is 5.26 Å². The average molecular weight is 270 g/mol. The van der Waals surface area contributed by atoms with Gasteiger partial charge in [-0.05, 0) is 5.87 Å². The number of nitrogen functional groups attached to an aromatic ring is 1. The molecule has 92 valence electrons. The summed E-state index contributed by atoms with van der Waals surface area (Å²) in [6, 6.07) is 11.0. The van der Waals surface area contributed by atoms with Crippen molar-refractivity contribution in [3.63, 3.8) is 0 Å². The van der Waals surface area contributed by atoms with Crippen molar-refractivity contribution >= 4 is 28.9 Å². The zero-order valence-corrected chi connectivity index (χ0v) is 10.4. The Morgan fingerprint density at radius 1 is 1.26 bits per heavy atom. The van der Waals surface area contributed by atoms with Gasteiger partial charge in [-0.25, -0.2) is 9.97 Å². The van der Waals surface area contributed by atoms with Crippen LogP contribution in [0.2, 0.25) is 5.02 Å². The lowest BCUT2D eigenvalue weighted by Crippen LogP contribution is -2.02. The average Bonchev–Trinajstić information content (AvgIpc) is 2.45. The number of hydrogen-bond acceptors (Lipinski definition) is 5. The van der Waals surface area contributed by atoms with Crippen LogP contribution >= 0.6 is 11.6 Å². The van der Waals surface area contributed by atoms with E-state index in [2.05, 4.69) is 9.97 Å². The fraction of sp³-hybridized carbons (Fsp3) is 0. The molecule has 0 aliphatic carbocycles. The molecule has 0 aliphatic rings. The number of aromatic nitrogens is 2. The van der Waals surface area contributed by atoms with Crippen LogP contribution < -0.4 is 5.73 Å². The van der Waals surface area contributed by atoms with Crippen LogP contribution in [0.15, 0.2) is 30.3 Å². The minimum absolute atomic E-state index is 0.0518. The first kappa shape index (κ1) is 12.8. The number of benzene rings is 1. The van der Waals surface area contributed by atoms with Gasteiger partial charge in [0.1, 0.15) is 28.2 Å². The van der Waals surface area contributed by atoms with Crippen LogP contribution in [-0.2, 0) is 0 Å². The van der Waals surface area contributed by atoms with Crippen molar-refractivity contribution in [2.24, 2.45) is 0 Å². The largest absolute Gasteiger partial charge is 0.382 e. The normalized spacial score (nSPS) is 9.47. The summed E-state index contributed by atoms with van der Waals surface area (Å²) in [5, 5.41) is 16.0.